The lowest BCUT2D eigenvalue weighted by Gasteiger charge is -2.13. The number of hydrogen-bond acceptors (Lipinski definition) is 4. The Morgan fingerprint density at radius 2 is 1.78 bits per heavy atom. The first-order valence-corrected chi connectivity index (χ1v) is 5.86. The van der Waals surface area contributed by atoms with Crippen LogP contribution in [0.5, 0.6) is 5.75 Å². The van der Waals surface area contributed by atoms with Crippen molar-refractivity contribution >= 4 is 0 Å². The molecule has 0 saturated carbocycles. The number of aliphatic hydroxyl groups is 1. The van der Waals surface area contributed by atoms with E-state index < -0.39 is 6.10 Å². The molecule has 0 spiro atoms. The fraction of sp³-hybridized carbons (Fsp3) is 0.286. The summed E-state index contributed by atoms with van der Waals surface area (Å²) >= 11 is 0. The van der Waals surface area contributed by atoms with Crippen LogP contribution in [0.25, 0.3) is 0 Å². The Balaban J connectivity index is 2.23. The molecular formula is C14H16N2O2. The van der Waals surface area contributed by atoms with Crippen molar-refractivity contribution in [2.75, 3.05) is 0 Å². The van der Waals surface area contributed by atoms with E-state index in [0.717, 1.165) is 5.56 Å². The fourth-order valence-electron chi connectivity index (χ4n) is 1.66. The van der Waals surface area contributed by atoms with Crippen molar-refractivity contribution in [2.24, 2.45) is 0 Å². The zero-order valence-corrected chi connectivity index (χ0v) is 10.4. The number of pyridine rings is 2. The zero-order valence-electron chi connectivity index (χ0n) is 10.4. The predicted molar refractivity (Wildman–Crippen MR) is 68.3 cm³/mol. The summed E-state index contributed by atoms with van der Waals surface area (Å²) in [5.74, 6) is 0.663. The van der Waals surface area contributed by atoms with Crippen molar-refractivity contribution in [3.05, 3.63) is 54.1 Å². The smallest absolute Gasteiger partial charge is 0.138 e. The summed E-state index contributed by atoms with van der Waals surface area (Å²) in [4.78, 5) is 8.01. The highest BCUT2D eigenvalue weighted by Gasteiger charge is 2.11. The van der Waals surface area contributed by atoms with E-state index in [2.05, 4.69) is 9.97 Å². The minimum absolute atomic E-state index is 0.0834. The van der Waals surface area contributed by atoms with Crippen LogP contribution < -0.4 is 4.74 Å². The maximum Gasteiger partial charge on any atom is 0.138 e. The summed E-state index contributed by atoms with van der Waals surface area (Å²) in [7, 11) is 0. The van der Waals surface area contributed by atoms with Crippen molar-refractivity contribution in [1.82, 2.24) is 9.97 Å². The summed E-state index contributed by atoms with van der Waals surface area (Å²) in [5, 5.41) is 10.2. The molecule has 0 aliphatic heterocycles. The molecule has 1 atom stereocenters. The van der Waals surface area contributed by atoms with Gasteiger partial charge in [-0.3, -0.25) is 9.97 Å². The summed E-state index contributed by atoms with van der Waals surface area (Å²) in [6, 6.07) is 5.36. The van der Waals surface area contributed by atoms with Crippen LogP contribution in [0.15, 0.2) is 43.0 Å². The first-order valence-electron chi connectivity index (χ1n) is 5.86. The molecule has 0 fully saturated rings. The van der Waals surface area contributed by atoms with Gasteiger partial charge in [0.1, 0.15) is 11.9 Å². The minimum Gasteiger partial charge on any atom is -0.489 e. The van der Waals surface area contributed by atoms with Gasteiger partial charge in [0.25, 0.3) is 0 Å². The van der Waals surface area contributed by atoms with E-state index in [1.165, 1.54) is 0 Å². The second kappa shape index (κ2) is 5.60. The quantitative estimate of drug-likeness (QED) is 0.897. The zero-order chi connectivity index (χ0) is 13.0. The maximum atomic E-state index is 10.2. The Morgan fingerprint density at radius 1 is 1.06 bits per heavy atom. The van der Waals surface area contributed by atoms with E-state index in [1.54, 1.807) is 43.0 Å². The van der Waals surface area contributed by atoms with Gasteiger partial charge in [-0.15, -0.1) is 0 Å². The second-order valence-electron chi connectivity index (χ2n) is 4.30. The van der Waals surface area contributed by atoms with Crippen LogP contribution in [0.2, 0.25) is 0 Å². The van der Waals surface area contributed by atoms with Crippen LogP contribution in [0.4, 0.5) is 0 Å². The number of aromatic nitrogens is 2. The summed E-state index contributed by atoms with van der Waals surface area (Å²) in [6.45, 7) is 3.90. The average Bonchev–Trinajstić information content (AvgIpc) is 2.38. The molecule has 1 N–H and O–H groups in total. The van der Waals surface area contributed by atoms with Gasteiger partial charge in [0.05, 0.1) is 12.3 Å². The van der Waals surface area contributed by atoms with Crippen molar-refractivity contribution in [1.29, 1.82) is 0 Å². The van der Waals surface area contributed by atoms with Crippen molar-refractivity contribution in [3.8, 4) is 5.75 Å². The largest absolute Gasteiger partial charge is 0.489 e. The molecule has 2 heterocycles. The molecule has 4 heteroatoms. The van der Waals surface area contributed by atoms with Gasteiger partial charge in [0.2, 0.25) is 0 Å². The Morgan fingerprint density at radius 3 is 2.44 bits per heavy atom. The topological polar surface area (TPSA) is 55.2 Å². The molecule has 0 saturated heterocycles. The van der Waals surface area contributed by atoms with E-state index >= 15 is 0 Å². The molecule has 4 nitrogen and oxygen atoms in total. The Hall–Kier alpha value is -1.94. The van der Waals surface area contributed by atoms with Gasteiger partial charge < -0.3 is 9.84 Å². The number of aliphatic hydroxyl groups excluding tert-OH is 1. The lowest BCUT2D eigenvalue weighted by atomic mass is 10.0. The highest BCUT2D eigenvalue weighted by Crippen LogP contribution is 2.23. The number of nitrogens with zero attached hydrogens (tertiary/aromatic N) is 2. The standard InChI is InChI=1S/C14H16N2O2/c1-10(2)18-13-7-12(8-16-9-13)14(17)11-3-5-15-6-4-11/h3-10,14,17H,1-2H3. The lowest BCUT2D eigenvalue weighted by Crippen LogP contribution is -2.07. The Kier molecular flexibility index (Phi) is 3.89. The predicted octanol–water partition coefficient (Wildman–Crippen LogP) is 2.35. The van der Waals surface area contributed by atoms with E-state index in [0.29, 0.717) is 11.3 Å². The van der Waals surface area contributed by atoms with Crippen LogP contribution in [0.1, 0.15) is 31.1 Å². The van der Waals surface area contributed by atoms with Gasteiger partial charge in [0, 0.05) is 24.2 Å². The first-order chi connectivity index (χ1) is 8.66. The number of hydrogen-bond donors (Lipinski definition) is 1. The highest BCUT2D eigenvalue weighted by atomic mass is 16.5. The first kappa shape index (κ1) is 12.5. The molecule has 0 aliphatic rings. The van der Waals surface area contributed by atoms with E-state index in [4.69, 9.17) is 4.74 Å². The van der Waals surface area contributed by atoms with Crippen LogP contribution >= 0.6 is 0 Å². The fourth-order valence-corrected chi connectivity index (χ4v) is 1.66. The molecule has 1 unspecified atom stereocenters. The van der Waals surface area contributed by atoms with Crippen LogP contribution in [0, 0.1) is 0 Å². The van der Waals surface area contributed by atoms with Crippen LogP contribution in [0.3, 0.4) is 0 Å². The van der Waals surface area contributed by atoms with Crippen LogP contribution in [-0.2, 0) is 0 Å². The van der Waals surface area contributed by atoms with Crippen LogP contribution in [-0.4, -0.2) is 21.2 Å². The van der Waals surface area contributed by atoms with E-state index in [9.17, 15) is 5.11 Å². The lowest BCUT2D eigenvalue weighted by molar-refractivity contribution is 0.215. The highest BCUT2D eigenvalue weighted by molar-refractivity contribution is 5.31. The third-order valence-electron chi connectivity index (χ3n) is 2.44. The van der Waals surface area contributed by atoms with Crippen molar-refractivity contribution in [2.45, 2.75) is 26.1 Å². The molecule has 0 amide bonds. The third-order valence-corrected chi connectivity index (χ3v) is 2.44. The number of ether oxygens (including phenoxy) is 1. The van der Waals surface area contributed by atoms with Gasteiger partial charge in [-0.2, -0.15) is 0 Å². The third kappa shape index (κ3) is 3.05. The molecule has 2 aromatic rings. The van der Waals surface area contributed by atoms with Gasteiger partial charge in [0.15, 0.2) is 0 Å². The number of rotatable bonds is 4. The molecule has 2 rings (SSSR count). The second-order valence-corrected chi connectivity index (χ2v) is 4.30. The maximum absolute atomic E-state index is 10.2. The molecular weight excluding hydrogens is 228 g/mol. The van der Waals surface area contributed by atoms with Gasteiger partial charge in [-0.25, -0.2) is 0 Å². The van der Waals surface area contributed by atoms with Crippen molar-refractivity contribution in [3.63, 3.8) is 0 Å². The molecule has 18 heavy (non-hydrogen) atoms. The molecule has 2 aromatic heterocycles. The Labute approximate surface area is 106 Å². The SMILES string of the molecule is CC(C)Oc1cncc(C(O)c2ccncc2)c1. The molecule has 94 valence electrons. The molecule has 0 bridgehead atoms. The Bertz CT molecular complexity index is 500. The molecule has 0 radical (unpaired) electrons. The average molecular weight is 244 g/mol. The molecule has 0 aromatic carbocycles. The van der Waals surface area contributed by atoms with E-state index in [-0.39, 0.29) is 6.10 Å². The normalized spacial score (nSPS) is 12.4. The minimum atomic E-state index is -0.712. The summed E-state index contributed by atoms with van der Waals surface area (Å²) < 4.78 is 5.55. The van der Waals surface area contributed by atoms with Gasteiger partial charge >= 0.3 is 0 Å². The monoisotopic (exact) mass is 244 g/mol. The van der Waals surface area contributed by atoms with Crippen molar-refractivity contribution < 1.29 is 9.84 Å². The van der Waals surface area contributed by atoms with Gasteiger partial charge in [-0.05, 0) is 37.6 Å². The summed E-state index contributed by atoms with van der Waals surface area (Å²) in [5.41, 5.74) is 1.49. The molecule has 0 aliphatic carbocycles. The van der Waals surface area contributed by atoms with E-state index in [1.807, 2.05) is 13.8 Å². The van der Waals surface area contributed by atoms with Gasteiger partial charge in [-0.1, -0.05) is 0 Å². The summed E-state index contributed by atoms with van der Waals surface area (Å²) in [6.07, 6.45) is 5.96.